The molecular weight excluding hydrogens is 296 g/mol. The number of aryl methyl sites for hydroxylation is 1. The van der Waals surface area contributed by atoms with Gasteiger partial charge in [-0.25, -0.2) is 13.2 Å². The molecule has 1 heterocycles. The number of aromatic carboxylic acids is 1. The number of rotatable bonds is 5. The van der Waals surface area contributed by atoms with Gasteiger partial charge in [0.25, 0.3) is 0 Å². The van der Waals surface area contributed by atoms with Crippen LogP contribution in [0.15, 0.2) is 34.9 Å². The number of hydrogen-bond donors (Lipinski definition) is 1. The van der Waals surface area contributed by atoms with E-state index in [4.69, 9.17) is 9.63 Å². The molecule has 112 valence electrons. The van der Waals surface area contributed by atoms with Crippen molar-refractivity contribution in [2.24, 2.45) is 0 Å². The van der Waals surface area contributed by atoms with Gasteiger partial charge in [0.05, 0.1) is 11.3 Å². The van der Waals surface area contributed by atoms with E-state index in [1.165, 1.54) is 31.3 Å². The van der Waals surface area contributed by atoms with E-state index in [-0.39, 0.29) is 11.3 Å². The molecule has 0 fully saturated rings. The van der Waals surface area contributed by atoms with Crippen molar-refractivity contribution >= 4 is 21.7 Å². The number of nitrogens with zero attached hydrogens (tertiary/aromatic N) is 2. The summed E-state index contributed by atoms with van der Waals surface area (Å²) < 4.78 is 30.4. The average molecular weight is 310 g/mol. The fraction of sp³-hybridized carbons (Fsp3) is 0.231. The first-order valence-corrected chi connectivity index (χ1v) is 7.62. The molecular formula is C13H14N2O5S. The normalized spacial score (nSPS) is 11.3. The van der Waals surface area contributed by atoms with Crippen LogP contribution in [0.2, 0.25) is 0 Å². The Morgan fingerprint density at radius 2 is 1.95 bits per heavy atom. The molecule has 0 radical (unpaired) electrons. The molecule has 0 amide bonds. The van der Waals surface area contributed by atoms with E-state index in [9.17, 15) is 13.2 Å². The second kappa shape index (κ2) is 5.57. The summed E-state index contributed by atoms with van der Waals surface area (Å²) in [5.41, 5.74) is 0.790. The Morgan fingerprint density at radius 3 is 2.43 bits per heavy atom. The minimum absolute atomic E-state index is 0.0941. The molecule has 0 aliphatic heterocycles. The molecule has 0 atom stereocenters. The number of carbonyl (C=O) groups is 1. The minimum Gasteiger partial charge on any atom is -0.478 e. The molecule has 1 aromatic carbocycles. The molecule has 2 rings (SSSR count). The SMILES string of the molecule is Cc1cc(CS(=O)(=O)N(C)c2ccc(C(=O)O)cc2)no1. The highest BCUT2D eigenvalue weighted by atomic mass is 32.2. The van der Waals surface area contributed by atoms with E-state index >= 15 is 0 Å². The molecule has 0 aliphatic rings. The average Bonchev–Trinajstić information content (AvgIpc) is 2.82. The minimum atomic E-state index is -3.62. The van der Waals surface area contributed by atoms with Gasteiger partial charge in [0.1, 0.15) is 17.2 Å². The Labute approximate surface area is 121 Å². The van der Waals surface area contributed by atoms with Gasteiger partial charge in [0.15, 0.2) is 0 Å². The number of benzene rings is 1. The second-order valence-electron chi connectivity index (χ2n) is 4.50. The van der Waals surface area contributed by atoms with Gasteiger partial charge in [-0.05, 0) is 31.2 Å². The topological polar surface area (TPSA) is 101 Å². The summed E-state index contributed by atoms with van der Waals surface area (Å²) in [5, 5.41) is 12.5. The van der Waals surface area contributed by atoms with E-state index in [1.807, 2.05) is 0 Å². The third-order valence-corrected chi connectivity index (χ3v) is 4.61. The quantitative estimate of drug-likeness (QED) is 0.901. The van der Waals surface area contributed by atoms with Crippen molar-refractivity contribution < 1.29 is 22.8 Å². The van der Waals surface area contributed by atoms with Gasteiger partial charge in [-0.3, -0.25) is 4.31 Å². The third kappa shape index (κ3) is 3.40. The largest absolute Gasteiger partial charge is 0.478 e. The van der Waals surface area contributed by atoms with Crippen LogP contribution in [0.1, 0.15) is 21.8 Å². The molecule has 0 saturated heterocycles. The first-order chi connectivity index (χ1) is 9.79. The van der Waals surface area contributed by atoms with Gasteiger partial charge in [-0.1, -0.05) is 5.16 Å². The lowest BCUT2D eigenvalue weighted by Crippen LogP contribution is -2.28. The summed E-state index contributed by atoms with van der Waals surface area (Å²) in [7, 11) is -2.22. The molecule has 0 bridgehead atoms. The van der Waals surface area contributed by atoms with E-state index < -0.39 is 16.0 Å². The summed E-state index contributed by atoms with van der Waals surface area (Å²) in [4.78, 5) is 10.8. The summed E-state index contributed by atoms with van der Waals surface area (Å²) >= 11 is 0. The highest BCUT2D eigenvalue weighted by Crippen LogP contribution is 2.19. The van der Waals surface area contributed by atoms with Crippen molar-refractivity contribution in [2.45, 2.75) is 12.7 Å². The van der Waals surface area contributed by atoms with Crippen LogP contribution in [0.25, 0.3) is 0 Å². The lowest BCUT2D eigenvalue weighted by atomic mass is 10.2. The fourth-order valence-electron chi connectivity index (χ4n) is 1.74. The highest BCUT2D eigenvalue weighted by Gasteiger charge is 2.21. The summed E-state index contributed by atoms with van der Waals surface area (Å²) in [6.07, 6.45) is 0. The van der Waals surface area contributed by atoms with Crippen LogP contribution in [0.5, 0.6) is 0 Å². The molecule has 7 nitrogen and oxygen atoms in total. The molecule has 21 heavy (non-hydrogen) atoms. The number of aromatic nitrogens is 1. The van der Waals surface area contributed by atoms with Gasteiger partial charge in [-0.15, -0.1) is 0 Å². The van der Waals surface area contributed by atoms with E-state index in [1.54, 1.807) is 13.0 Å². The molecule has 8 heteroatoms. The third-order valence-electron chi connectivity index (χ3n) is 2.90. The van der Waals surface area contributed by atoms with Gasteiger partial charge in [-0.2, -0.15) is 0 Å². The van der Waals surface area contributed by atoms with Gasteiger partial charge >= 0.3 is 5.97 Å². The molecule has 2 aromatic rings. The molecule has 0 aliphatic carbocycles. The number of sulfonamides is 1. The number of anilines is 1. The monoisotopic (exact) mass is 310 g/mol. The molecule has 0 unspecified atom stereocenters. The van der Waals surface area contributed by atoms with E-state index in [2.05, 4.69) is 5.16 Å². The Hall–Kier alpha value is -2.35. The van der Waals surface area contributed by atoms with Gasteiger partial charge in [0, 0.05) is 13.1 Å². The maximum atomic E-state index is 12.3. The molecule has 1 aromatic heterocycles. The zero-order chi connectivity index (χ0) is 15.6. The first-order valence-electron chi connectivity index (χ1n) is 6.02. The van der Waals surface area contributed by atoms with Crippen molar-refractivity contribution in [3.63, 3.8) is 0 Å². The maximum Gasteiger partial charge on any atom is 0.335 e. The van der Waals surface area contributed by atoms with E-state index in [0.29, 0.717) is 17.1 Å². The predicted molar refractivity (Wildman–Crippen MR) is 75.7 cm³/mol. The van der Waals surface area contributed by atoms with Gasteiger partial charge < -0.3 is 9.63 Å². The second-order valence-corrected chi connectivity index (χ2v) is 6.50. The molecule has 0 saturated carbocycles. The van der Waals surface area contributed by atoms with E-state index in [0.717, 1.165) is 4.31 Å². The summed E-state index contributed by atoms with van der Waals surface area (Å²) in [6.45, 7) is 1.68. The maximum absolute atomic E-state index is 12.3. The van der Waals surface area contributed by atoms with Gasteiger partial charge in [0.2, 0.25) is 10.0 Å². The first kappa shape index (κ1) is 15.0. The molecule has 0 spiro atoms. The lowest BCUT2D eigenvalue weighted by Gasteiger charge is -2.18. The summed E-state index contributed by atoms with van der Waals surface area (Å²) in [5.74, 6) is -0.819. The standard InChI is InChI=1S/C13H14N2O5S/c1-9-7-11(14-20-9)8-21(18,19)15(2)12-5-3-10(4-6-12)13(16)17/h3-7H,8H2,1-2H3,(H,16,17). The van der Waals surface area contributed by atoms with Crippen LogP contribution in [-0.2, 0) is 15.8 Å². The van der Waals surface area contributed by atoms with Crippen LogP contribution in [-0.4, -0.2) is 31.7 Å². The van der Waals surface area contributed by atoms with Crippen molar-refractivity contribution in [2.75, 3.05) is 11.4 Å². The number of carboxylic acid groups (broad SMARTS) is 1. The van der Waals surface area contributed by atoms with Crippen LogP contribution < -0.4 is 4.31 Å². The number of hydrogen-bond acceptors (Lipinski definition) is 5. The molecule has 1 N–H and O–H groups in total. The zero-order valence-electron chi connectivity index (χ0n) is 11.5. The van der Waals surface area contributed by atoms with Crippen molar-refractivity contribution in [1.29, 1.82) is 0 Å². The highest BCUT2D eigenvalue weighted by molar-refractivity contribution is 7.92. The predicted octanol–water partition coefficient (Wildman–Crippen LogP) is 1.65. The Bertz CT molecular complexity index is 749. The van der Waals surface area contributed by atoms with Crippen LogP contribution in [0.4, 0.5) is 5.69 Å². The Balaban J connectivity index is 2.21. The lowest BCUT2D eigenvalue weighted by molar-refractivity contribution is 0.0697. The van der Waals surface area contributed by atoms with Crippen LogP contribution >= 0.6 is 0 Å². The smallest absolute Gasteiger partial charge is 0.335 e. The van der Waals surface area contributed by atoms with Crippen molar-refractivity contribution in [3.8, 4) is 0 Å². The Morgan fingerprint density at radius 1 is 1.33 bits per heavy atom. The number of carboxylic acids is 1. The van der Waals surface area contributed by atoms with Crippen molar-refractivity contribution in [3.05, 3.63) is 47.3 Å². The zero-order valence-corrected chi connectivity index (χ0v) is 12.3. The Kier molecular flexibility index (Phi) is 3.99. The fourth-order valence-corrected chi connectivity index (χ4v) is 2.89. The van der Waals surface area contributed by atoms with Crippen LogP contribution in [0, 0.1) is 6.92 Å². The van der Waals surface area contributed by atoms with Crippen LogP contribution in [0.3, 0.4) is 0 Å². The van der Waals surface area contributed by atoms with Crippen molar-refractivity contribution in [1.82, 2.24) is 5.16 Å². The summed E-state index contributed by atoms with van der Waals surface area (Å²) in [6, 6.07) is 7.14.